The Bertz CT molecular complexity index is 338. The molecule has 0 unspecified atom stereocenters. The van der Waals surface area contributed by atoms with Crippen molar-refractivity contribution in [2.75, 3.05) is 0 Å². The van der Waals surface area contributed by atoms with Crippen molar-refractivity contribution in [1.29, 1.82) is 0 Å². The van der Waals surface area contributed by atoms with Gasteiger partial charge in [0.25, 0.3) is 0 Å². The van der Waals surface area contributed by atoms with Gasteiger partial charge in [-0.05, 0) is 17.2 Å². The molecular weight excluding hydrogens is 368 g/mol. The fourth-order valence-electron chi connectivity index (χ4n) is 2.87. The van der Waals surface area contributed by atoms with Crippen molar-refractivity contribution < 1.29 is 9.90 Å². The summed E-state index contributed by atoms with van der Waals surface area (Å²) in [6.45, 7) is 2.27. The topological polar surface area (TPSA) is 37.3 Å². The van der Waals surface area contributed by atoms with Crippen molar-refractivity contribution in [3.05, 3.63) is 22.9 Å². The summed E-state index contributed by atoms with van der Waals surface area (Å²) in [5.41, 5.74) is 0. The van der Waals surface area contributed by atoms with E-state index in [4.69, 9.17) is 5.11 Å². The Kier molecular flexibility index (Phi) is 28.0. The van der Waals surface area contributed by atoms with Gasteiger partial charge in [0.1, 0.15) is 0 Å². The number of carbonyl (C=O) groups is 1. The molecule has 150 valence electrons. The second-order valence-corrected chi connectivity index (χ2v) is 7.70. The van der Waals surface area contributed by atoms with Gasteiger partial charge in [-0.15, -0.1) is 0 Å². The van der Waals surface area contributed by atoms with Crippen LogP contribution in [0.25, 0.3) is 0 Å². The predicted molar refractivity (Wildman–Crippen MR) is 120 cm³/mol. The third-order valence-corrected chi connectivity index (χ3v) is 5.05. The molecule has 0 bridgehead atoms. The van der Waals surface area contributed by atoms with Gasteiger partial charge < -0.3 is 5.11 Å². The van der Waals surface area contributed by atoms with Gasteiger partial charge in [-0.1, -0.05) is 109 Å². The summed E-state index contributed by atoms with van der Waals surface area (Å²) in [5.74, 6) is -0.653. The van der Waals surface area contributed by atoms with Crippen molar-refractivity contribution in [2.24, 2.45) is 0 Å². The van der Waals surface area contributed by atoms with E-state index in [2.05, 4.69) is 6.92 Å². The Hall–Kier alpha value is 0.430. The van der Waals surface area contributed by atoms with Crippen LogP contribution in [0.3, 0.4) is 0 Å². The Morgan fingerprint density at radius 2 is 1.04 bits per heavy atom. The van der Waals surface area contributed by atoms with E-state index in [1.165, 1.54) is 83.5 Å². The van der Waals surface area contributed by atoms with E-state index in [-0.39, 0.29) is 37.7 Å². The first-order valence-electron chi connectivity index (χ1n) is 10.5. The number of hydrogen-bond acceptors (Lipinski definition) is 2. The van der Waals surface area contributed by atoms with Crippen LogP contribution in [0, 0.1) is 0 Å². The minimum absolute atomic E-state index is 0. The third-order valence-electron chi connectivity index (χ3n) is 4.42. The minimum atomic E-state index is -0.653. The van der Waals surface area contributed by atoms with Crippen LogP contribution in [-0.4, -0.2) is 48.8 Å². The van der Waals surface area contributed by atoms with Crippen molar-refractivity contribution in [1.82, 2.24) is 0 Å². The number of thiophene rings is 1. The fourth-order valence-corrected chi connectivity index (χ4v) is 3.33. The van der Waals surface area contributed by atoms with Crippen LogP contribution in [0.2, 0.25) is 0 Å². The maximum Gasteiger partial charge on any atom is -0.00934 e. The predicted octanol–water partition coefficient (Wildman–Crippen LogP) is 7.16. The summed E-state index contributed by atoms with van der Waals surface area (Å²) in [7, 11) is 0. The van der Waals surface area contributed by atoms with Gasteiger partial charge in [0, 0.05) is 6.42 Å². The Labute approximate surface area is 196 Å². The molecule has 0 aromatic carbocycles. The number of hydrogen-bond donors (Lipinski definition) is 1. The molecule has 0 amide bonds. The van der Waals surface area contributed by atoms with E-state index < -0.39 is 5.97 Å². The van der Waals surface area contributed by atoms with Gasteiger partial charge in [0.15, 0.2) is 0 Å². The molecule has 1 rings (SSSR count). The van der Waals surface area contributed by atoms with Gasteiger partial charge in [-0.25, -0.2) is 0 Å². The smallest absolute Gasteiger partial charge is 0.00934 e. The molecule has 0 fully saturated rings. The normalized spacial score (nSPS) is 9.88. The Balaban J connectivity index is 0. The first-order chi connectivity index (χ1) is 12.3. The molecule has 0 spiro atoms. The van der Waals surface area contributed by atoms with Crippen molar-refractivity contribution in [3.8, 4) is 0 Å². The van der Waals surface area contributed by atoms with Gasteiger partial charge in [0.2, 0.25) is 0 Å². The van der Waals surface area contributed by atoms with E-state index in [1.807, 2.05) is 22.9 Å². The summed E-state index contributed by atoms with van der Waals surface area (Å²) in [6.07, 6.45) is 20.2. The first kappa shape index (κ1) is 28.6. The summed E-state index contributed by atoms with van der Waals surface area (Å²) >= 11 is 1.71. The van der Waals surface area contributed by atoms with E-state index >= 15 is 0 Å². The molecule has 1 aromatic rings. The maximum atomic E-state index is 10.3. The summed E-state index contributed by atoms with van der Waals surface area (Å²) in [6, 6.07) is 4.04. The van der Waals surface area contributed by atoms with Crippen LogP contribution < -0.4 is 0 Å². The molecule has 26 heavy (non-hydrogen) atoms. The average Bonchev–Trinajstić information content (AvgIpc) is 3.18. The zero-order valence-electron chi connectivity index (χ0n) is 16.4. The van der Waals surface area contributed by atoms with Crippen LogP contribution in [0.4, 0.5) is 0 Å². The largest absolute Gasteiger partial charge is 0.152 e. The number of carboxylic acid groups (broad SMARTS) is 1. The average molecular weight is 411 g/mol. The van der Waals surface area contributed by atoms with Crippen molar-refractivity contribution in [3.63, 3.8) is 0 Å². The molecule has 1 aromatic heterocycles. The van der Waals surface area contributed by atoms with Gasteiger partial charge in [-0.3, -0.25) is 4.79 Å². The number of carboxylic acids is 1. The molecule has 0 aliphatic rings. The summed E-state index contributed by atoms with van der Waals surface area (Å²) in [4.78, 5) is 10.3. The van der Waals surface area contributed by atoms with E-state index in [0.29, 0.717) is 6.42 Å². The van der Waals surface area contributed by atoms with Crippen LogP contribution in [0.5, 0.6) is 0 Å². The maximum absolute atomic E-state index is 10.3. The van der Waals surface area contributed by atoms with Crippen LogP contribution >= 0.6 is 11.3 Å². The molecule has 4 heteroatoms. The third kappa shape index (κ3) is 26.7. The van der Waals surface area contributed by atoms with Crippen LogP contribution in [-0.2, 0) is 4.79 Å². The molecule has 0 radical (unpaired) electrons. The molecule has 1 heterocycles. The minimum Gasteiger partial charge on any atom is -0.152 e. The van der Waals surface area contributed by atoms with E-state index in [1.54, 1.807) is 11.3 Å². The zero-order chi connectivity index (χ0) is 18.4. The number of unbranched alkanes of at least 4 members (excludes halogenated alkanes) is 14. The summed E-state index contributed by atoms with van der Waals surface area (Å²) in [5, 5.41) is 12.6. The first-order valence-corrected chi connectivity index (χ1v) is 11.4. The second-order valence-electron chi connectivity index (χ2n) is 6.89. The molecule has 0 aliphatic carbocycles. The van der Waals surface area contributed by atoms with Crippen molar-refractivity contribution >= 4 is 55.0 Å². The molecular formula is C22H42CaO2S. The number of aliphatic carboxylic acids is 1. The Morgan fingerprint density at radius 3 is 1.31 bits per heavy atom. The molecule has 2 nitrogen and oxygen atoms in total. The standard InChI is InChI=1S/C18H36O2.C4H4S.Ca.2H/c1-2-3-4-5-6-7-8-9-10-11-12-13-14-15-16-17-18(19)20;1-2-4-5-3-1;;;/h2-17H2,1H3,(H,19,20);1-4H;;;. The van der Waals surface area contributed by atoms with E-state index in [9.17, 15) is 4.79 Å². The monoisotopic (exact) mass is 410 g/mol. The molecule has 1 N–H and O–H groups in total. The molecule has 0 saturated carbocycles. The van der Waals surface area contributed by atoms with Crippen molar-refractivity contribution in [2.45, 2.75) is 110 Å². The van der Waals surface area contributed by atoms with E-state index in [0.717, 1.165) is 12.8 Å². The fraction of sp³-hybridized carbons (Fsp3) is 0.773. The molecule has 0 atom stereocenters. The quantitative estimate of drug-likeness (QED) is 0.232. The summed E-state index contributed by atoms with van der Waals surface area (Å²) < 4.78 is 0. The number of rotatable bonds is 16. The molecule has 0 saturated heterocycles. The SMILES string of the molecule is CCCCCCCCCCCCCCCCCC(=O)O.[CaH2].c1ccsc1. The molecule has 0 aliphatic heterocycles. The van der Waals surface area contributed by atoms with Crippen LogP contribution in [0.1, 0.15) is 110 Å². The Morgan fingerprint density at radius 1 is 0.692 bits per heavy atom. The zero-order valence-corrected chi connectivity index (χ0v) is 17.2. The van der Waals surface area contributed by atoms with Crippen LogP contribution in [0.15, 0.2) is 22.9 Å². The van der Waals surface area contributed by atoms with Gasteiger partial charge in [0.05, 0.1) is 0 Å². The van der Waals surface area contributed by atoms with Gasteiger partial charge in [-0.2, -0.15) is 11.3 Å². The van der Waals surface area contributed by atoms with Gasteiger partial charge >= 0.3 is 43.7 Å². The second kappa shape index (κ2) is 25.4.